The van der Waals surface area contributed by atoms with Gasteiger partial charge < -0.3 is 35.8 Å². The molecule has 12 nitrogen and oxygen atoms in total. The van der Waals surface area contributed by atoms with Gasteiger partial charge >= 0.3 is 5.97 Å². The fraction of sp³-hybridized carbons (Fsp3) is 0.414. The summed E-state index contributed by atoms with van der Waals surface area (Å²) in [6.07, 6.45) is 0.502. The highest BCUT2D eigenvalue weighted by atomic mass is 16.6. The SMILES string of the molecule is CC(C)C[C@H](NC(=O)[C@H](Cc1ccccc1)NC(=O)CNC(=O)c1ccc(OCC2CO2)cc1)C(=O)NCC(=O)O. The maximum absolute atomic E-state index is 13.3. The topological polar surface area (TPSA) is 175 Å². The number of carbonyl (C=O) groups excluding carboxylic acids is 4. The number of rotatable bonds is 16. The molecule has 4 amide bonds. The monoisotopic (exact) mass is 568 g/mol. The lowest BCUT2D eigenvalue weighted by Crippen LogP contribution is -2.56. The molecule has 0 saturated carbocycles. The first kappa shape index (κ1) is 31.1. The van der Waals surface area contributed by atoms with E-state index in [1.807, 2.05) is 19.9 Å². The second-order valence-electron chi connectivity index (χ2n) is 10.1. The smallest absolute Gasteiger partial charge is 0.322 e. The average Bonchev–Trinajstić information content (AvgIpc) is 3.78. The summed E-state index contributed by atoms with van der Waals surface area (Å²) in [7, 11) is 0. The molecule has 2 aromatic rings. The molecule has 3 rings (SSSR count). The van der Waals surface area contributed by atoms with Gasteiger partial charge in [0.2, 0.25) is 17.7 Å². The number of ether oxygens (including phenoxy) is 2. The van der Waals surface area contributed by atoms with Crippen LogP contribution in [0, 0.1) is 5.92 Å². The summed E-state index contributed by atoms with van der Waals surface area (Å²) in [6.45, 7) is 3.87. The standard InChI is InChI=1S/C29H36N4O8/c1-18(2)12-23(28(38)31-15-26(35)36)33-29(39)24(13-19-6-4-3-5-7-19)32-25(34)14-30-27(37)20-8-10-21(11-9-20)40-16-22-17-41-22/h3-11,18,22-24H,12-17H2,1-2H3,(H,30,37)(H,31,38)(H,32,34)(H,33,39)(H,35,36)/t22?,23-,24-/m0/s1. The van der Waals surface area contributed by atoms with E-state index in [4.69, 9.17) is 14.6 Å². The van der Waals surface area contributed by atoms with Crippen molar-refractivity contribution in [3.05, 3.63) is 65.7 Å². The largest absolute Gasteiger partial charge is 0.491 e. The highest BCUT2D eigenvalue weighted by Gasteiger charge is 2.28. The van der Waals surface area contributed by atoms with Crippen molar-refractivity contribution in [1.29, 1.82) is 0 Å². The fourth-order valence-electron chi connectivity index (χ4n) is 3.88. The molecule has 2 aromatic carbocycles. The van der Waals surface area contributed by atoms with Crippen LogP contribution in [0.2, 0.25) is 0 Å². The van der Waals surface area contributed by atoms with Crippen LogP contribution in [-0.2, 0) is 30.3 Å². The van der Waals surface area contributed by atoms with Gasteiger partial charge in [-0.1, -0.05) is 44.2 Å². The summed E-state index contributed by atoms with van der Waals surface area (Å²) in [6, 6.07) is 13.4. The van der Waals surface area contributed by atoms with E-state index in [0.29, 0.717) is 24.5 Å². The van der Waals surface area contributed by atoms with Gasteiger partial charge in [0.05, 0.1) is 13.2 Å². The molecule has 12 heteroatoms. The number of hydrogen-bond donors (Lipinski definition) is 5. The Kier molecular flexibility index (Phi) is 11.6. The Morgan fingerprint density at radius 3 is 2.20 bits per heavy atom. The van der Waals surface area contributed by atoms with E-state index in [1.54, 1.807) is 48.5 Å². The number of amides is 4. The lowest BCUT2D eigenvalue weighted by Gasteiger charge is -2.24. The van der Waals surface area contributed by atoms with Crippen molar-refractivity contribution in [3.8, 4) is 5.75 Å². The zero-order valence-corrected chi connectivity index (χ0v) is 23.1. The summed E-state index contributed by atoms with van der Waals surface area (Å²) >= 11 is 0. The molecule has 1 heterocycles. The van der Waals surface area contributed by atoms with Crippen LogP contribution in [0.3, 0.4) is 0 Å². The zero-order chi connectivity index (χ0) is 29.8. The first-order chi connectivity index (χ1) is 19.6. The van der Waals surface area contributed by atoms with Crippen molar-refractivity contribution in [3.63, 3.8) is 0 Å². The Bertz CT molecular complexity index is 1200. The first-order valence-electron chi connectivity index (χ1n) is 13.4. The minimum Gasteiger partial charge on any atom is -0.491 e. The van der Waals surface area contributed by atoms with Gasteiger partial charge in [0.15, 0.2) is 0 Å². The average molecular weight is 569 g/mol. The molecule has 0 aliphatic carbocycles. The summed E-state index contributed by atoms with van der Waals surface area (Å²) in [4.78, 5) is 62.1. The molecular weight excluding hydrogens is 532 g/mol. The molecule has 5 N–H and O–H groups in total. The third-order valence-electron chi connectivity index (χ3n) is 6.05. The van der Waals surface area contributed by atoms with Crippen LogP contribution in [-0.4, -0.2) is 79.2 Å². The fourth-order valence-corrected chi connectivity index (χ4v) is 3.88. The van der Waals surface area contributed by atoms with Gasteiger partial charge in [-0.3, -0.25) is 24.0 Å². The summed E-state index contributed by atoms with van der Waals surface area (Å²) in [5, 5.41) is 19.0. The number of hydrogen-bond acceptors (Lipinski definition) is 7. The van der Waals surface area contributed by atoms with E-state index < -0.39 is 48.2 Å². The second kappa shape index (κ2) is 15.4. The molecule has 0 aromatic heterocycles. The molecule has 0 radical (unpaired) electrons. The molecule has 1 aliphatic heterocycles. The number of carbonyl (C=O) groups is 5. The first-order valence-corrected chi connectivity index (χ1v) is 13.4. The Labute approximate surface area is 238 Å². The van der Waals surface area contributed by atoms with Crippen LogP contribution in [0.4, 0.5) is 0 Å². The molecule has 0 spiro atoms. The number of benzene rings is 2. The highest BCUT2D eigenvalue weighted by Crippen LogP contribution is 2.16. The van der Waals surface area contributed by atoms with Crippen molar-refractivity contribution < 1.29 is 38.6 Å². The Morgan fingerprint density at radius 1 is 0.902 bits per heavy atom. The Hall–Kier alpha value is -4.45. The molecule has 41 heavy (non-hydrogen) atoms. The molecule has 0 bridgehead atoms. The Balaban J connectivity index is 1.60. The van der Waals surface area contributed by atoms with Gasteiger partial charge in [0.1, 0.15) is 37.1 Å². The summed E-state index contributed by atoms with van der Waals surface area (Å²) < 4.78 is 10.6. The van der Waals surface area contributed by atoms with E-state index in [2.05, 4.69) is 21.3 Å². The van der Waals surface area contributed by atoms with Crippen LogP contribution in [0.5, 0.6) is 5.75 Å². The van der Waals surface area contributed by atoms with Crippen LogP contribution in [0.15, 0.2) is 54.6 Å². The maximum Gasteiger partial charge on any atom is 0.322 e. The van der Waals surface area contributed by atoms with Gasteiger partial charge in [-0.2, -0.15) is 0 Å². The molecule has 3 atom stereocenters. The maximum atomic E-state index is 13.3. The molecule has 1 fully saturated rings. The molecule has 220 valence electrons. The van der Waals surface area contributed by atoms with Gasteiger partial charge in [0.25, 0.3) is 5.91 Å². The van der Waals surface area contributed by atoms with Crippen molar-refractivity contribution in [1.82, 2.24) is 21.3 Å². The molecular formula is C29H36N4O8. The van der Waals surface area contributed by atoms with Gasteiger partial charge in [0, 0.05) is 12.0 Å². The van der Waals surface area contributed by atoms with Crippen molar-refractivity contribution in [2.75, 3.05) is 26.3 Å². The number of aliphatic carboxylic acids is 1. The quantitative estimate of drug-likeness (QED) is 0.183. The van der Waals surface area contributed by atoms with Gasteiger partial charge in [-0.15, -0.1) is 0 Å². The van der Waals surface area contributed by atoms with E-state index >= 15 is 0 Å². The van der Waals surface area contributed by atoms with Gasteiger partial charge in [-0.05, 0) is 42.2 Å². The number of carboxylic acid groups (broad SMARTS) is 1. The summed E-state index contributed by atoms with van der Waals surface area (Å²) in [5.74, 6) is -2.93. The molecule has 1 unspecified atom stereocenters. The molecule has 1 aliphatic rings. The Morgan fingerprint density at radius 2 is 1.59 bits per heavy atom. The zero-order valence-electron chi connectivity index (χ0n) is 23.1. The van der Waals surface area contributed by atoms with Crippen molar-refractivity contribution in [2.24, 2.45) is 5.92 Å². The predicted molar refractivity (Wildman–Crippen MR) is 148 cm³/mol. The number of epoxide rings is 1. The van der Waals surface area contributed by atoms with Crippen molar-refractivity contribution >= 4 is 29.6 Å². The third-order valence-corrected chi connectivity index (χ3v) is 6.05. The van der Waals surface area contributed by atoms with E-state index in [1.165, 1.54) is 0 Å². The van der Waals surface area contributed by atoms with E-state index in [0.717, 1.165) is 5.56 Å². The predicted octanol–water partition coefficient (Wildman–Crippen LogP) is 0.653. The summed E-state index contributed by atoms with van der Waals surface area (Å²) in [5.41, 5.74) is 1.10. The van der Waals surface area contributed by atoms with Crippen LogP contribution in [0.1, 0.15) is 36.2 Å². The third kappa shape index (κ3) is 11.3. The van der Waals surface area contributed by atoms with Crippen LogP contribution in [0.25, 0.3) is 0 Å². The lowest BCUT2D eigenvalue weighted by atomic mass is 10.0. The minimum atomic E-state index is -1.21. The highest BCUT2D eigenvalue weighted by molar-refractivity contribution is 5.97. The second-order valence-corrected chi connectivity index (χ2v) is 10.1. The molecule has 1 saturated heterocycles. The van der Waals surface area contributed by atoms with E-state index in [-0.39, 0.29) is 31.4 Å². The lowest BCUT2D eigenvalue weighted by molar-refractivity contribution is -0.138. The number of carboxylic acids is 1. The van der Waals surface area contributed by atoms with Crippen LogP contribution >= 0.6 is 0 Å². The number of nitrogens with one attached hydrogen (secondary N) is 4. The van der Waals surface area contributed by atoms with Crippen LogP contribution < -0.4 is 26.0 Å². The van der Waals surface area contributed by atoms with Gasteiger partial charge in [-0.25, -0.2) is 0 Å². The van der Waals surface area contributed by atoms with Crippen molar-refractivity contribution in [2.45, 2.75) is 44.9 Å². The normalized spacial score (nSPS) is 15.2. The minimum absolute atomic E-state index is 0.0149. The van der Waals surface area contributed by atoms with E-state index in [9.17, 15) is 24.0 Å².